The Hall–Kier alpha value is -4.68. The van der Waals surface area contributed by atoms with Gasteiger partial charge < -0.3 is 20.1 Å². The van der Waals surface area contributed by atoms with E-state index in [9.17, 15) is 9.59 Å². The summed E-state index contributed by atoms with van der Waals surface area (Å²) in [6.45, 7) is 4.37. The highest BCUT2D eigenvalue weighted by molar-refractivity contribution is 14.1. The fourth-order valence-electron chi connectivity index (χ4n) is 5.14. The predicted molar refractivity (Wildman–Crippen MR) is 212 cm³/mol. The molecular weight excluding hydrogens is 838 g/mol. The third kappa shape index (κ3) is 8.87. The van der Waals surface area contributed by atoms with E-state index in [2.05, 4.69) is 93.9 Å². The van der Waals surface area contributed by atoms with Gasteiger partial charge in [0.25, 0.3) is 11.8 Å². The van der Waals surface area contributed by atoms with E-state index in [-0.39, 0.29) is 17.2 Å². The summed E-state index contributed by atoms with van der Waals surface area (Å²) < 4.78 is 14.3. The maximum absolute atomic E-state index is 12.5. The molecule has 0 atom stereocenters. The molecule has 6 aromatic carbocycles. The molecule has 2 N–H and O–H groups in total. The van der Waals surface area contributed by atoms with Crippen LogP contribution in [0.3, 0.4) is 0 Å². The SMILES string of the molecule is CC(C)(c1ccc(Oc2ccc(NC(=O)c3ccc(I)cc3)cc2)cc1)c1ccc(Oc2ccc(NC(=O)c3ccc(I)cc3)cc2)cc1. The van der Waals surface area contributed by atoms with Crippen LogP contribution in [0.15, 0.2) is 146 Å². The topological polar surface area (TPSA) is 76.7 Å². The van der Waals surface area contributed by atoms with Gasteiger partial charge in [-0.2, -0.15) is 0 Å². The third-order valence-electron chi connectivity index (χ3n) is 8.06. The van der Waals surface area contributed by atoms with Crippen molar-refractivity contribution in [2.24, 2.45) is 0 Å². The molecule has 0 unspecified atom stereocenters. The van der Waals surface area contributed by atoms with Crippen molar-refractivity contribution in [1.29, 1.82) is 0 Å². The van der Waals surface area contributed by atoms with E-state index < -0.39 is 0 Å². The Kier molecular flexibility index (Phi) is 10.6. The lowest BCUT2D eigenvalue weighted by molar-refractivity contribution is 0.101. The number of hydrogen-bond acceptors (Lipinski definition) is 4. The van der Waals surface area contributed by atoms with Crippen LogP contribution < -0.4 is 20.1 Å². The van der Waals surface area contributed by atoms with Crippen molar-refractivity contribution in [3.05, 3.63) is 175 Å². The molecule has 0 saturated carbocycles. The molecule has 244 valence electrons. The molecule has 2 amide bonds. The van der Waals surface area contributed by atoms with Crippen molar-refractivity contribution in [2.75, 3.05) is 10.6 Å². The number of halogens is 2. The van der Waals surface area contributed by atoms with Crippen molar-refractivity contribution in [3.63, 3.8) is 0 Å². The first-order valence-corrected chi connectivity index (χ1v) is 17.7. The van der Waals surface area contributed by atoms with Crippen LogP contribution in [0.2, 0.25) is 0 Å². The number of anilines is 2. The first-order chi connectivity index (χ1) is 23.6. The Bertz CT molecular complexity index is 1890. The molecule has 0 aliphatic heterocycles. The highest BCUT2D eigenvalue weighted by Crippen LogP contribution is 2.35. The number of ether oxygens (including phenoxy) is 2. The average molecular weight is 871 g/mol. The predicted octanol–water partition coefficient (Wildman–Crippen LogP) is 11.3. The van der Waals surface area contributed by atoms with Crippen molar-refractivity contribution < 1.29 is 19.1 Å². The van der Waals surface area contributed by atoms with Crippen LogP contribution in [0, 0.1) is 7.14 Å². The number of benzene rings is 6. The molecule has 0 heterocycles. The minimum atomic E-state index is -0.259. The van der Waals surface area contributed by atoms with Gasteiger partial charge in [-0.3, -0.25) is 9.59 Å². The molecule has 0 spiro atoms. The summed E-state index contributed by atoms with van der Waals surface area (Å²) in [5, 5.41) is 5.84. The number of nitrogens with one attached hydrogen (secondary N) is 2. The average Bonchev–Trinajstić information content (AvgIpc) is 3.11. The van der Waals surface area contributed by atoms with E-state index in [0.717, 1.165) is 29.8 Å². The van der Waals surface area contributed by atoms with Crippen molar-refractivity contribution >= 4 is 68.4 Å². The quantitative estimate of drug-likeness (QED) is 0.134. The molecule has 8 heteroatoms. The summed E-state index contributed by atoms with van der Waals surface area (Å²) >= 11 is 4.43. The molecule has 0 fully saturated rings. The first kappa shape index (κ1) is 34.2. The second-order valence-corrected chi connectivity index (χ2v) is 14.3. The van der Waals surface area contributed by atoms with Crippen molar-refractivity contribution in [2.45, 2.75) is 19.3 Å². The third-order valence-corrected chi connectivity index (χ3v) is 9.50. The summed E-state index contributed by atoms with van der Waals surface area (Å²) in [6, 6.07) is 45.7. The van der Waals surface area contributed by atoms with Gasteiger partial charge in [-0.1, -0.05) is 38.1 Å². The molecule has 6 aromatic rings. The second kappa shape index (κ2) is 15.3. The number of rotatable bonds is 10. The zero-order chi connectivity index (χ0) is 34.4. The van der Waals surface area contributed by atoms with Crippen molar-refractivity contribution in [1.82, 2.24) is 0 Å². The van der Waals surface area contributed by atoms with Crippen LogP contribution in [0.25, 0.3) is 0 Å². The normalized spacial score (nSPS) is 11.0. The van der Waals surface area contributed by atoms with Crippen LogP contribution in [0.1, 0.15) is 45.7 Å². The molecule has 0 aliphatic rings. The summed E-state index contributed by atoms with van der Waals surface area (Å²) in [5.41, 5.74) is 4.64. The number of amides is 2. The van der Waals surface area contributed by atoms with Crippen LogP contribution >= 0.6 is 45.2 Å². The summed E-state index contributed by atoms with van der Waals surface area (Å²) in [4.78, 5) is 25.0. The van der Waals surface area contributed by atoms with E-state index in [1.165, 1.54) is 0 Å². The minimum absolute atomic E-state index is 0.155. The number of hydrogen-bond donors (Lipinski definition) is 2. The summed E-state index contributed by atoms with van der Waals surface area (Å²) in [5.74, 6) is 2.49. The Balaban J connectivity index is 1.02. The van der Waals surface area contributed by atoms with E-state index in [4.69, 9.17) is 9.47 Å². The lowest BCUT2D eigenvalue weighted by Crippen LogP contribution is -2.18. The minimum Gasteiger partial charge on any atom is -0.457 e. The van der Waals surface area contributed by atoms with Gasteiger partial charge in [-0.15, -0.1) is 0 Å². The van der Waals surface area contributed by atoms with Crippen LogP contribution in [-0.2, 0) is 5.41 Å². The van der Waals surface area contributed by atoms with E-state index in [1.807, 2.05) is 121 Å². The molecule has 6 nitrogen and oxygen atoms in total. The number of carbonyl (C=O) groups excluding carboxylic acids is 2. The molecule has 6 rings (SSSR count). The lowest BCUT2D eigenvalue weighted by Gasteiger charge is -2.26. The fraction of sp³-hybridized carbons (Fsp3) is 0.0732. The zero-order valence-electron chi connectivity index (χ0n) is 26.7. The standard InChI is InChI=1S/C41H32I2N2O4/c1-41(2,29-7-19-35(20-8-29)48-37-23-15-33(16-24-37)44-39(46)27-3-11-31(42)12-4-27)30-9-21-36(22-10-30)49-38-25-17-34(18-26-38)45-40(47)28-5-13-32(43)14-6-28/h3-26H,1-2H3,(H,44,46)(H,45,47). The second-order valence-electron chi connectivity index (χ2n) is 11.8. The van der Waals surface area contributed by atoms with Gasteiger partial charge in [-0.05, 0) is 178 Å². The molecule has 0 radical (unpaired) electrons. The van der Waals surface area contributed by atoms with Gasteiger partial charge in [0, 0.05) is 35.1 Å². The van der Waals surface area contributed by atoms with Gasteiger partial charge in [-0.25, -0.2) is 0 Å². The molecule has 49 heavy (non-hydrogen) atoms. The zero-order valence-corrected chi connectivity index (χ0v) is 31.1. The molecule has 0 bridgehead atoms. The van der Waals surface area contributed by atoms with Gasteiger partial charge in [0.05, 0.1) is 0 Å². The Morgan fingerprint density at radius 2 is 0.735 bits per heavy atom. The smallest absolute Gasteiger partial charge is 0.255 e. The fourth-order valence-corrected chi connectivity index (χ4v) is 5.86. The lowest BCUT2D eigenvalue weighted by atomic mass is 9.78. The summed E-state index contributed by atoms with van der Waals surface area (Å²) in [7, 11) is 0. The van der Waals surface area contributed by atoms with Gasteiger partial charge in [0.2, 0.25) is 0 Å². The monoisotopic (exact) mass is 870 g/mol. The molecule has 0 aliphatic carbocycles. The molecule has 0 aromatic heterocycles. The Morgan fingerprint density at radius 3 is 1.04 bits per heavy atom. The summed E-state index contributed by atoms with van der Waals surface area (Å²) in [6.07, 6.45) is 0. The molecular formula is C41H32I2N2O4. The van der Waals surface area contributed by atoms with Crippen LogP contribution in [0.5, 0.6) is 23.0 Å². The van der Waals surface area contributed by atoms with Gasteiger partial charge in [0.1, 0.15) is 23.0 Å². The van der Waals surface area contributed by atoms with Gasteiger partial charge in [0.15, 0.2) is 0 Å². The Labute approximate surface area is 313 Å². The highest BCUT2D eigenvalue weighted by Gasteiger charge is 2.23. The van der Waals surface area contributed by atoms with Crippen LogP contribution in [0.4, 0.5) is 11.4 Å². The van der Waals surface area contributed by atoms with Crippen LogP contribution in [-0.4, -0.2) is 11.8 Å². The van der Waals surface area contributed by atoms with Crippen molar-refractivity contribution in [3.8, 4) is 23.0 Å². The van der Waals surface area contributed by atoms with E-state index >= 15 is 0 Å². The Morgan fingerprint density at radius 1 is 0.449 bits per heavy atom. The largest absolute Gasteiger partial charge is 0.457 e. The number of carbonyl (C=O) groups is 2. The molecule has 0 saturated heterocycles. The maximum atomic E-state index is 12.5. The highest BCUT2D eigenvalue weighted by atomic mass is 127. The van der Waals surface area contributed by atoms with Gasteiger partial charge >= 0.3 is 0 Å². The van der Waals surface area contributed by atoms with E-state index in [1.54, 1.807) is 0 Å². The van der Waals surface area contributed by atoms with E-state index in [0.29, 0.717) is 34.0 Å². The first-order valence-electron chi connectivity index (χ1n) is 15.5. The maximum Gasteiger partial charge on any atom is 0.255 e.